The minimum absolute atomic E-state index is 0.221. The van der Waals surface area contributed by atoms with Crippen LogP contribution in [0.4, 0.5) is 0 Å². The zero-order valence-corrected chi connectivity index (χ0v) is 15.2. The second kappa shape index (κ2) is 6.39. The molecule has 0 bridgehead atoms. The molecule has 2 atom stereocenters. The molecule has 4 rings (SSSR count). The van der Waals surface area contributed by atoms with E-state index in [2.05, 4.69) is 17.1 Å². The Balaban J connectivity index is 1.69. The highest BCUT2D eigenvalue weighted by Gasteiger charge is 2.31. The number of aryl methyl sites for hydroxylation is 1. The first-order chi connectivity index (χ1) is 12.4. The molecular weight excluding hydrogens is 332 g/mol. The molecule has 2 amide bonds. The summed E-state index contributed by atoms with van der Waals surface area (Å²) in [6, 6.07) is 5.37. The number of carbonyl (C=O) groups excluding carboxylic acids is 2. The van der Waals surface area contributed by atoms with Crippen molar-refractivity contribution in [2.24, 2.45) is 13.0 Å². The molecule has 0 saturated carbocycles. The van der Waals surface area contributed by atoms with Crippen LogP contribution in [-0.2, 0) is 23.2 Å². The van der Waals surface area contributed by atoms with Crippen molar-refractivity contribution in [2.45, 2.75) is 38.8 Å². The lowest BCUT2D eigenvalue weighted by Crippen LogP contribution is -2.44. The number of fused-ring (bicyclic) bond motifs is 1. The lowest BCUT2D eigenvalue weighted by molar-refractivity contribution is -0.135. The Morgan fingerprint density at radius 2 is 1.96 bits per heavy atom. The Bertz CT molecular complexity index is 942. The van der Waals surface area contributed by atoms with Gasteiger partial charge in [-0.15, -0.1) is 0 Å². The van der Waals surface area contributed by atoms with Gasteiger partial charge in [0.1, 0.15) is 6.04 Å². The summed E-state index contributed by atoms with van der Waals surface area (Å²) in [5, 5.41) is 2.34. The standard InChI is InChI=1S/C19H24N4O3/c1-12-7-8-22(10-12)11-13-3-4-14-16(9-13)21(2)19(26)23(14)15-5-6-17(24)20-18(15)25/h3-4,9,12,15H,5-8,10-11H2,1-2H3,(H,20,24,25). The maximum atomic E-state index is 12.8. The van der Waals surface area contributed by atoms with Crippen LogP contribution in [0, 0.1) is 5.92 Å². The normalized spacial score (nSPS) is 24.4. The van der Waals surface area contributed by atoms with Crippen molar-refractivity contribution in [3.8, 4) is 0 Å². The molecule has 0 radical (unpaired) electrons. The Hall–Kier alpha value is -2.41. The van der Waals surface area contributed by atoms with Crippen LogP contribution in [0.1, 0.15) is 37.8 Å². The van der Waals surface area contributed by atoms with Gasteiger partial charge in [0.25, 0.3) is 0 Å². The van der Waals surface area contributed by atoms with Crippen LogP contribution in [-0.4, -0.2) is 38.9 Å². The number of piperidine rings is 1. The van der Waals surface area contributed by atoms with Crippen LogP contribution in [0.5, 0.6) is 0 Å². The first-order valence-electron chi connectivity index (χ1n) is 9.20. The van der Waals surface area contributed by atoms with E-state index in [1.807, 2.05) is 18.2 Å². The summed E-state index contributed by atoms with van der Waals surface area (Å²) in [5.41, 5.74) is 2.51. The molecule has 7 nitrogen and oxygen atoms in total. The Kier molecular flexibility index (Phi) is 4.19. The summed E-state index contributed by atoms with van der Waals surface area (Å²) in [5.74, 6) is 0.0596. The second-order valence-corrected chi connectivity index (χ2v) is 7.63. The van der Waals surface area contributed by atoms with Crippen molar-refractivity contribution in [2.75, 3.05) is 13.1 Å². The fourth-order valence-corrected chi connectivity index (χ4v) is 4.17. The van der Waals surface area contributed by atoms with Crippen molar-refractivity contribution in [3.63, 3.8) is 0 Å². The van der Waals surface area contributed by atoms with E-state index < -0.39 is 11.9 Å². The number of benzene rings is 1. The number of nitrogens with one attached hydrogen (secondary N) is 1. The number of imide groups is 1. The maximum absolute atomic E-state index is 12.8. The molecule has 0 spiro atoms. The minimum atomic E-state index is -0.630. The average molecular weight is 356 g/mol. The highest BCUT2D eigenvalue weighted by Crippen LogP contribution is 2.25. The van der Waals surface area contributed by atoms with Gasteiger partial charge in [0.2, 0.25) is 11.8 Å². The number of hydrogen-bond acceptors (Lipinski definition) is 4. The summed E-state index contributed by atoms with van der Waals surface area (Å²) in [6.45, 7) is 5.36. The van der Waals surface area contributed by atoms with Crippen LogP contribution in [0.2, 0.25) is 0 Å². The van der Waals surface area contributed by atoms with Gasteiger partial charge in [0, 0.05) is 26.6 Å². The van der Waals surface area contributed by atoms with E-state index in [0.29, 0.717) is 6.42 Å². The smallest absolute Gasteiger partial charge is 0.299 e. The SMILES string of the molecule is CC1CCN(Cc2ccc3c(c2)n(C)c(=O)n3C2CCC(=O)NC2=O)C1. The fraction of sp³-hybridized carbons (Fsp3) is 0.526. The monoisotopic (exact) mass is 356 g/mol. The predicted molar refractivity (Wildman–Crippen MR) is 97.7 cm³/mol. The topological polar surface area (TPSA) is 76.3 Å². The summed E-state index contributed by atoms with van der Waals surface area (Å²) in [7, 11) is 1.73. The molecule has 1 N–H and O–H groups in total. The summed E-state index contributed by atoms with van der Waals surface area (Å²) in [6.07, 6.45) is 1.84. The third kappa shape index (κ3) is 2.86. The van der Waals surface area contributed by atoms with Gasteiger partial charge in [-0.25, -0.2) is 4.79 Å². The second-order valence-electron chi connectivity index (χ2n) is 7.63. The minimum Gasteiger partial charge on any atom is -0.299 e. The summed E-state index contributed by atoms with van der Waals surface area (Å²) in [4.78, 5) is 38.8. The van der Waals surface area contributed by atoms with Gasteiger partial charge >= 0.3 is 5.69 Å². The number of likely N-dealkylation sites (tertiary alicyclic amines) is 1. The third-order valence-electron chi connectivity index (χ3n) is 5.59. The molecule has 2 aliphatic rings. The number of nitrogens with zero attached hydrogens (tertiary/aromatic N) is 3. The largest absolute Gasteiger partial charge is 0.329 e. The molecule has 2 unspecified atom stereocenters. The zero-order chi connectivity index (χ0) is 18.4. The number of rotatable bonds is 3. The molecule has 1 aromatic carbocycles. The van der Waals surface area contributed by atoms with E-state index in [1.54, 1.807) is 11.6 Å². The van der Waals surface area contributed by atoms with Gasteiger partial charge in [-0.3, -0.25) is 28.9 Å². The zero-order valence-electron chi connectivity index (χ0n) is 15.2. The quantitative estimate of drug-likeness (QED) is 0.838. The fourth-order valence-electron chi connectivity index (χ4n) is 4.17. The summed E-state index contributed by atoms with van der Waals surface area (Å²) < 4.78 is 3.12. The van der Waals surface area contributed by atoms with E-state index >= 15 is 0 Å². The number of imidazole rings is 1. The Morgan fingerprint density at radius 3 is 2.65 bits per heavy atom. The van der Waals surface area contributed by atoms with Gasteiger partial charge in [-0.1, -0.05) is 13.0 Å². The van der Waals surface area contributed by atoms with Crippen LogP contribution in [0.25, 0.3) is 11.0 Å². The molecule has 138 valence electrons. The van der Waals surface area contributed by atoms with Crippen molar-refractivity contribution in [1.29, 1.82) is 0 Å². The predicted octanol–water partition coefficient (Wildman–Crippen LogP) is 1.16. The van der Waals surface area contributed by atoms with Crippen LogP contribution in [0.15, 0.2) is 23.0 Å². The van der Waals surface area contributed by atoms with Crippen molar-refractivity contribution < 1.29 is 9.59 Å². The summed E-state index contributed by atoms with van der Waals surface area (Å²) >= 11 is 0. The Morgan fingerprint density at radius 1 is 1.15 bits per heavy atom. The van der Waals surface area contributed by atoms with Gasteiger partial charge in [-0.05, 0) is 43.0 Å². The molecule has 7 heteroatoms. The van der Waals surface area contributed by atoms with Crippen LogP contribution >= 0.6 is 0 Å². The van der Waals surface area contributed by atoms with E-state index in [4.69, 9.17) is 0 Å². The van der Waals surface area contributed by atoms with Gasteiger partial charge in [0.05, 0.1) is 11.0 Å². The van der Waals surface area contributed by atoms with Crippen molar-refractivity contribution >= 4 is 22.8 Å². The van der Waals surface area contributed by atoms with Gasteiger partial charge in [0.15, 0.2) is 0 Å². The first-order valence-corrected chi connectivity index (χ1v) is 9.20. The third-order valence-corrected chi connectivity index (χ3v) is 5.59. The molecule has 2 saturated heterocycles. The first kappa shape index (κ1) is 17.0. The van der Waals surface area contributed by atoms with Crippen molar-refractivity contribution in [3.05, 3.63) is 34.2 Å². The Labute approximate surface area is 151 Å². The van der Waals surface area contributed by atoms with E-state index in [0.717, 1.165) is 36.6 Å². The number of amides is 2. The maximum Gasteiger partial charge on any atom is 0.329 e. The van der Waals surface area contributed by atoms with Gasteiger partial charge in [-0.2, -0.15) is 0 Å². The van der Waals surface area contributed by atoms with Crippen LogP contribution in [0.3, 0.4) is 0 Å². The molecule has 3 heterocycles. The highest BCUT2D eigenvalue weighted by molar-refractivity contribution is 6.00. The molecule has 26 heavy (non-hydrogen) atoms. The lowest BCUT2D eigenvalue weighted by Gasteiger charge is -2.22. The van der Waals surface area contributed by atoms with Crippen molar-refractivity contribution in [1.82, 2.24) is 19.4 Å². The van der Waals surface area contributed by atoms with E-state index in [9.17, 15) is 14.4 Å². The highest BCUT2D eigenvalue weighted by atomic mass is 16.2. The number of carbonyl (C=O) groups is 2. The number of aromatic nitrogens is 2. The van der Waals surface area contributed by atoms with Crippen LogP contribution < -0.4 is 11.0 Å². The van der Waals surface area contributed by atoms with Gasteiger partial charge < -0.3 is 0 Å². The number of hydrogen-bond donors (Lipinski definition) is 1. The molecule has 2 fully saturated rings. The van der Waals surface area contributed by atoms with E-state index in [-0.39, 0.29) is 18.0 Å². The molecule has 2 aliphatic heterocycles. The molecule has 1 aromatic heterocycles. The molecule has 0 aliphatic carbocycles. The van der Waals surface area contributed by atoms with E-state index in [1.165, 1.54) is 16.6 Å². The average Bonchev–Trinajstić information content (AvgIpc) is 3.11. The lowest BCUT2D eigenvalue weighted by atomic mass is 10.1. The molecule has 2 aromatic rings. The molecular formula is C19H24N4O3.